The van der Waals surface area contributed by atoms with E-state index in [1.165, 1.54) is 11.1 Å². The first-order valence-corrected chi connectivity index (χ1v) is 30.8. The summed E-state index contributed by atoms with van der Waals surface area (Å²) in [5.41, 5.74) is 11.1. The van der Waals surface area contributed by atoms with E-state index in [0.29, 0.717) is 72.0 Å². The van der Waals surface area contributed by atoms with Crippen molar-refractivity contribution < 1.29 is 83.1 Å². The highest BCUT2D eigenvalue weighted by atomic mass is 16.7. The molecule has 0 amide bonds. The van der Waals surface area contributed by atoms with Gasteiger partial charge in [-0.1, -0.05) is 90.1 Å². The molecule has 0 aliphatic carbocycles. The maximum atomic E-state index is 11.4. The van der Waals surface area contributed by atoms with Crippen molar-refractivity contribution in [2.75, 3.05) is 62.7 Å². The minimum atomic E-state index is -0.786. The van der Waals surface area contributed by atoms with E-state index in [1.54, 1.807) is 42.7 Å². The molecule has 91 heavy (non-hydrogen) atoms. The molecule has 0 aromatic heterocycles. The predicted molar refractivity (Wildman–Crippen MR) is 350 cm³/mol. The quantitative estimate of drug-likeness (QED) is 0.0113. The molecule has 0 spiro atoms. The molecule has 0 fully saturated rings. The second-order valence-corrected chi connectivity index (χ2v) is 23.4. The number of phenols is 3. The third kappa shape index (κ3) is 17.5. The van der Waals surface area contributed by atoms with Gasteiger partial charge in [-0.3, -0.25) is 0 Å². The van der Waals surface area contributed by atoms with Gasteiger partial charge in [0, 0.05) is 109 Å². The molecule has 0 radical (unpaired) electrons. The molecular weight excluding hydrogens is 1160 g/mol. The van der Waals surface area contributed by atoms with Crippen LogP contribution in [-0.4, -0.2) is 98.4 Å². The van der Waals surface area contributed by atoms with Crippen LogP contribution in [0.5, 0.6) is 40.2 Å². The summed E-state index contributed by atoms with van der Waals surface area (Å²) >= 11 is 0. The van der Waals surface area contributed by atoms with Gasteiger partial charge in [0.05, 0.1) is 66.1 Å². The Hall–Kier alpha value is -7.26. The van der Waals surface area contributed by atoms with Crippen molar-refractivity contribution in [3.63, 3.8) is 0 Å². The van der Waals surface area contributed by atoms with Crippen LogP contribution in [0.4, 0.5) is 0 Å². The van der Waals surface area contributed by atoms with E-state index in [1.807, 2.05) is 60.7 Å². The zero-order valence-electron chi connectivity index (χ0n) is 55.4. The van der Waals surface area contributed by atoms with E-state index >= 15 is 0 Å². The van der Waals surface area contributed by atoms with Gasteiger partial charge in [-0.2, -0.15) is 0 Å². The number of methoxy groups -OCH3 is 6. The van der Waals surface area contributed by atoms with Gasteiger partial charge in [-0.25, -0.2) is 0 Å². The van der Waals surface area contributed by atoms with Crippen LogP contribution in [0.1, 0.15) is 168 Å². The summed E-state index contributed by atoms with van der Waals surface area (Å²) in [5.74, 6) is 3.07. The molecule has 17 nitrogen and oxygen atoms in total. The van der Waals surface area contributed by atoms with Gasteiger partial charge < -0.3 is 83.1 Å². The first-order chi connectivity index (χ1) is 43.8. The Kier molecular flexibility index (Phi) is 28.0. The molecule has 7 aromatic carbocycles. The number of aromatic hydroxyl groups is 3. The number of hydrogen-bond donors (Lipinski definition) is 7. The van der Waals surface area contributed by atoms with E-state index in [2.05, 4.69) is 97.0 Å². The minimum absolute atomic E-state index is 0.0386. The number of ether oxygens (including phenoxy) is 10. The van der Waals surface area contributed by atoms with Gasteiger partial charge in [-0.15, -0.1) is 0 Å². The second kappa shape index (κ2) is 35.0. The fourth-order valence-electron chi connectivity index (χ4n) is 11.4. The van der Waals surface area contributed by atoms with Gasteiger partial charge in [0.1, 0.15) is 53.5 Å². The number of aliphatic hydroxyl groups excluding tert-OH is 4. The first-order valence-electron chi connectivity index (χ1n) is 30.8. The summed E-state index contributed by atoms with van der Waals surface area (Å²) in [4.78, 5) is 0. The molecule has 0 aliphatic heterocycles. The van der Waals surface area contributed by atoms with Gasteiger partial charge in [-0.05, 0) is 131 Å². The molecule has 0 bridgehead atoms. The molecule has 7 N–H and O–H groups in total. The normalized spacial score (nSPS) is 12.8. The lowest BCUT2D eigenvalue weighted by atomic mass is 9.68. The van der Waals surface area contributed by atoms with Crippen molar-refractivity contribution in [3.8, 4) is 40.2 Å². The monoisotopic (exact) mass is 1260 g/mol. The van der Waals surface area contributed by atoms with Crippen molar-refractivity contribution in [1.29, 1.82) is 0 Å². The van der Waals surface area contributed by atoms with Crippen molar-refractivity contribution in [3.05, 3.63) is 204 Å². The summed E-state index contributed by atoms with van der Waals surface area (Å²) in [6, 6.07) is 36.9. The molecule has 0 saturated heterocycles. The third-order valence-corrected chi connectivity index (χ3v) is 17.3. The van der Waals surface area contributed by atoms with Crippen LogP contribution in [-0.2, 0) is 105 Å². The lowest BCUT2D eigenvalue weighted by Crippen LogP contribution is -2.27. The highest BCUT2D eigenvalue weighted by Gasteiger charge is 2.36. The zero-order chi connectivity index (χ0) is 66.4. The molecule has 0 heterocycles. The zero-order valence-corrected chi connectivity index (χ0v) is 55.4. The molecule has 3 atom stereocenters. The largest absolute Gasteiger partial charge is 0.507 e. The fourth-order valence-corrected chi connectivity index (χ4v) is 11.4. The van der Waals surface area contributed by atoms with Crippen LogP contribution >= 0.6 is 0 Å². The molecule has 3 unspecified atom stereocenters. The summed E-state index contributed by atoms with van der Waals surface area (Å²) in [7, 11) is 9.83. The third-order valence-electron chi connectivity index (χ3n) is 17.3. The first kappa shape index (κ1) is 72.8. The maximum absolute atomic E-state index is 11.4. The predicted octanol–water partition coefficient (Wildman–Crippen LogP) is 12.9. The highest BCUT2D eigenvalue weighted by Crippen LogP contribution is 2.46. The summed E-state index contributed by atoms with van der Waals surface area (Å²) in [6.07, 6.45) is 2.12. The lowest BCUT2D eigenvalue weighted by molar-refractivity contribution is 0.112. The SMILES string of the molecule is CCC(C)c1ccc(OCCOc2c(COC)cc(C(C)(c3ccc(C(C)(C)c4cc(COC)c(O)c(COC)c4)cc3)c3cc(COC)c(O)c(COC)c3)cc2COC)cc1.CCC(C)c1ccc(OCOc2c(CO)c(CO)c(O)c(CO)c2CO)cc1. The topological polar surface area (TPSA) is 234 Å². The van der Waals surface area contributed by atoms with Gasteiger partial charge in [0.25, 0.3) is 0 Å². The standard InChI is InChI=1S/C53H68O10.C21H28O7/c1-12-35(2)36-13-19-48(20-14-36)62-21-22-63-51-41(33-60-10)27-47(28-42(51)34-61-11)53(5,46-25-39(31-58-8)50(55)40(26-46)32-59-9)44-17-15-43(16-18-44)52(3,4)45-23-37(29-56-6)49(54)38(24-45)30-57-7;1-3-13(2)14-4-6-15(7-5-14)27-12-28-21-18(10-24)16(8-22)20(26)17(9-23)19(21)11-25/h13-20,23-28,35,54-55H,12,21-22,29-34H2,1-11H3;4-7,13,22-26H,3,8-12H2,1-2H3. The van der Waals surface area contributed by atoms with E-state index < -0.39 is 37.3 Å². The summed E-state index contributed by atoms with van der Waals surface area (Å²) in [5, 5.41) is 71.0. The number of aliphatic hydroxyl groups is 4. The summed E-state index contributed by atoms with van der Waals surface area (Å²) < 4.78 is 57.6. The van der Waals surface area contributed by atoms with Crippen LogP contribution in [0.2, 0.25) is 0 Å². The van der Waals surface area contributed by atoms with Crippen LogP contribution in [0.25, 0.3) is 0 Å². The number of benzene rings is 7. The van der Waals surface area contributed by atoms with E-state index in [0.717, 1.165) is 57.5 Å². The Morgan fingerprint density at radius 2 is 0.703 bits per heavy atom. The molecular formula is C74H96O17. The Labute approximate surface area is 537 Å². The van der Waals surface area contributed by atoms with Crippen molar-refractivity contribution in [2.24, 2.45) is 0 Å². The van der Waals surface area contributed by atoms with Crippen LogP contribution in [0.15, 0.2) is 109 Å². The smallest absolute Gasteiger partial charge is 0.230 e. The highest BCUT2D eigenvalue weighted by molar-refractivity contribution is 5.60. The number of rotatable bonds is 34. The average Bonchev–Trinajstić information content (AvgIpc) is 0.792. The Bertz CT molecular complexity index is 3280. The van der Waals surface area contributed by atoms with E-state index in [4.69, 9.17) is 47.4 Å². The molecule has 494 valence electrons. The lowest BCUT2D eigenvalue weighted by Gasteiger charge is -2.35. The summed E-state index contributed by atoms with van der Waals surface area (Å²) in [6.45, 7) is 15.1. The molecule has 7 rings (SSSR count). The Morgan fingerprint density at radius 1 is 0.363 bits per heavy atom. The van der Waals surface area contributed by atoms with Crippen LogP contribution in [0.3, 0.4) is 0 Å². The van der Waals surface area contributed by atoms with Crippen molar-refractivity contribution >= 4 is 0 Å². The molecule has 17 heteroatoms. The molecule has 0 aliphatic rings. The maximum Gasteiger partial charge on any atom is 0.230 e. The second-order valence-electron chi connectivity index (χ2n) is 23.4. The van der Waals surface area contributed by atoms with Crippen LogP contribution in [0, 0.1) is 0 Å². The molecule has 0 saturated carbocycles. The fraction of sp³-hybridized carbons (Fsp3) is 0.432. The van der Waals surface area contributed by atoms with Gasteiger partial charge in [0.15, 0.2) is 0 Å². The average molecular weight is 1260 g/mol. The van der Waals surface area contributed by atoms with Crippen molar-refractivity contribution in [1.82, 2.24) is 0 Å². The Balaban J connectivity index is 0.000000391. The number of phenolic OH excluding ortho intramolecular Hbond substituents is 2. The number of hydrogen-bond acceptors (Lipinski definition) is 17. The van der Waals surface area contributed by atoms with Gasteiger partial charge >= 0.3 is 0 Å². The minimum Gasteiger partial charge on any atom is -0.507 e. The van der Waals surface area contributed by atoms with Crippen LogP contribution < -0.4 is 18.9 Å². The van der Waals surface area contributed by atoms with Crippen molar-refractivity contribution in [2.45, 2.75) is 150 Å². The Morgan fingerprint density at radius 3 is 1.08 bits per heavy atom. The van der Waals surface area contributed by atoms with E-state index in [-0.39, 0.29) is 78.5 Å². The van der Waals surface area contributed by atoms with E-state index in [9.17, 15) is 35.7 Å². The molecule has 7 aromatic rings. The van der Waals surface area contributed by atoms with Gasteiger partial charge in [0.2, 0.25) is 6.79 Å².